The molecular weight excluding hydrogens is 1460 g/mol. The van der Waals surface area contributed by atoms with E-state index in [2.05, 4.69) is 74.3 Å². The average molecular weight is 1540 g/mol. The van der Waals surface area contributed by atoms with Crippen LogP contribution in [0.3, 0.4) is 0 Å². The Labute approximate surface area is 582 Å². The number of aliphatic hydroxyl groups excluding tert-OH is 8. The van der Waals surface area contributed by atoms with Gasteiger partial charge in [0.05, 0.1) is 85.2 Å². The Kier molecular flexibility index (Phi) is 31.4. The van der Waals surface area contributed by atoms with E-state index in [1.807, 2.05) is 0 Å². The van der Waals surface area contributed by atoms with Gasteiger partial charge in [0.15, 0.2) is 18.7 Å². The van der Waals surface area contributed by atoms with Crippen molar-refractivity contribution in [1.82, 2.24) is 61.8 Å². The van der Waals surface area contributed by atoms with Gasteiger partial charge in [-0.3, -0.25) is 33.6 Å². The summed E-state index contributed by atoms with van der Waals surface area (Å²) in [6, 6.07) is -7.85. The molecular formula is C55H84IN17O21S3. The quantitative estimate of drug-likeness (QED) is 0.0116. The summed E-state index contributed by atoms with van der Waals surface area (Å²) in [6.45, 7) is 3.18. The Morgan fingerprint density at radius 3 is 2.08 bits per heavy atom. The van der Waals surface area contributed by atoms with Gasteiger partial charge < -0.3 is 154 Å². The number of H-pyrrole nitrogens is 1. The number of carbonyl (C=O) groups is 8. The number of imidazole rings is 1. The highest BCUT2D eigenvalue weighted by Gasteiger charge is 2.54. The van der Waals surface area contributed by atoms with Crippen LogP contribution < -0.4 is 84.5 Å². The first-order valence-electron chi connectivity index (χ1n) is 29.8. The summed E-state index contributed by atoms with van der Waals surface area (Å²) in [5.41, 5.74) is 28.1. The molecule has 540 valence electrons. The summed E-state index contributed by atoms with van der Waals surface area (Å²) >= 11 is 2.52. The largest absolute Gasteiger partial charge is 1.00 e. The summed E-state index contributed by atoms with van der Waals surface area (Å²) in [5, 5.41) is 108. The summed E-state index contributed by atoms with van der Waals surface area (Å²) in [6.07, 6.45) is -20.0. The number of nitrogen functional groups attached to an aromatic ring is 1. The molecule has 0 spiro atoms. The van der Waals surface area contributed by atoms with Gasteiger partial charge in [-0.1, -0.05) is 6.92 Å². The number of aromatic nitrogens is 6. The van der Waals surface area contributed by atoms with Gasteiger partial charge in [0.2, 0.25) is 29.5 Å². The second-order valence-electron chi connectivity index (χ2n) is 22.8. The Bertz CT molecular complexity index is 3290. The summed E-state index contributed by atoms with van der Waals surface area (Å²) < 4.78 is 28.7. The van der Waals surface area contributed by atoms with Gasteiger partial charge in [-0.2, -0.15) is 0 Å². The minimum atomic E-state index is -2.20. The van der Waals surface area contributed by atoms with E-state index >= 15 is 4.79 Å². The van der Waals surface area contributed by atoms with E-state index in [9.17, 15) is 74.4 Å². The van der Waals surface area contributed by atoms with E-state index in [4.69, 9.17) is 52.4 Å². The number of hydrogen-bond acceptors (Lipinski definition) is 31. The number of aromatic amines is 1. The van der Waals surface area contributed by atoms with E-state index in [-0.39, 0.29) is 88.9 Å². The van der Waals surface area contributed by atoms with Crippen molar-refractivity contribution in [3.63, 3.8) is 0 Å². The van der Waals surface area contributed by atoms with Crippen molar-refractivity contribution in [2.75, 3.05) is 56.8 Å². The van der Waals surface area contributed by atoms with Crippen LogP contribution in [-0.2, 0) is 65.0 Å². The molecule has 4 aromatic rings. The topological polar surface area (TPSA) is 627 Å². The third kappa shape index (κ3) is 22.0. The fraction of sp³-hybridized carbons (Fsp3) is 0.618. The van der Waals surface area contributed by atoms with Crippen LogP contribution in [0, 0.1) is 12.8 Å². The zero-order valence-corrected chi connectivity index (χ0v) is 57.9. The van der Waals surface area contributed by atoms with E-state index in [1.165, 1.54) is 50.4 Å². The molecule has 42 heteroatoms. The van der Waals surface area contributed by atoms with Crippen LogP contribution in [0.25, 0.3) is 10.7 Å². The highest BCUT2D eigenvalue weighted by Crippen LogP contribution is 2.35. The number of halogens is 1. The maximum Gasteiger partial charge on any atom is 0.404 e. The van der Waals surface area contributed by atoms with Crippen molar-refractivity contribution in [2.24, 2.45) is 28.9 Å². The molecule has 97 heavy (non-hydrogen) atoms. The van der Waals surface area contributed by atoms with Crippen LogP contribution >= 0.6 is 22.7 Å². The van der Waals surface area contributed by atoms with Crippen LogP contribution in [0.4, 0.5) is 10.6 Å². The molecule has 0 aromatic carbocycles. The molecule has 2 aliphatic heterocycles. The molecule has 19 atom stereocenters. The van der Waals surface area contributed by atoms with E-state index in [0.29, 0.717) is 22.3 Å². The highest BCUT2D eigenvalue weighted by molar-refractivity contribution is 7.95. The first-order valence-corrected chi connectivity index (χ1v) is 33.8. The minimum Gasteiger partial charge on any atom is -1.00 e. The average Bonchev–Trinajstić information content (AvgIpc) is 1.16. The third-order valence-electron chi connectivity index (χ3n) is 15.3. The second-order valence-corrected chi connectivity index (χ2v) is 27.0. The lowest BCUT2D eigenvalue weighted by Crippen LogP contribution is -3.00. The predicted octanol–water partition coefficient (Wildman–Crippen LogP) is -10.7. The van der Waals surface area contributed by atoms with E-state index < -0.39 is 183 Å². The van der Waals surface area contributed by atoms with Gasteiger partial charge in [0.25, 0.3) is 11.8 Å². The van der Waals surface area contributed by atoms with Crippen LogP contribution in [-0.4, -0.2) is 267 Å². The first kappa shape index (κ1) is 81.1. The number of thiazole rings is 2. The Morgan fingerprint density at radius 1 is 0.784 bits per heavy atom. The maximum atomic E-state index is 15.2. The van der Waals surface area contributed by atoms with Crippen molar-refractivity contribution in [3.05, 3.63) is 56.8 Å². The van der Waals surface area contributed by atoms with E-state index in [1.54, 1.807) is 10.8 Å². The lowest BCUT2D eigenvalue weighted by Gasteiger charge is -2.47. The fourth-order valence-corrected chi connectivity index (χ4v) is 12.1. The van der Waals surface area contributed by atoms with Crippen LogP contribution in [0.5, 0.6) is 0 Å². The lowest BCUT2D eigenvalue weighted by atomic mass is 9.96. The summed E-state index contributed by atoms with van der Waals surface area (Å²) in [4.78, 5) is 131. The number of hydrogen-bond donors (Lipinski definition) is 20. The van der Waals surface area contributed by atoms with Crippen molar-refractivity contribution < 1.29 is 127 Å². The van der Waals surface area contributed by atoms with Gasteiger partial charge in [-0.15, -0.1) is 22.7 Å². The van der Waals surface area contributed by atoms with Crippen molar-refractivity contribution in [3.8, 4) is 10.7 Å². The molecule has 38 nitrogen and oxygen atoms in total. The van der Waals surface area contributed by atoms with Gasteiger partial charge >= 0.3 is 6.09 Å². The van der Waals surface area contributed by atoms with Crippen LogP contribution in [0.15, 0.2) is 23.3 Å². The monoisotopic (exact) mass is 1540 g/mol. The smallest absolute Gasteiger partial charge is 0.404 e. The Balaban J connectivity index is 0.0000170. The molecule has 0 saturated carbocycles. The number of nitrogens with zero attached hydrogens (tertiary/aromatic N) is 5. The highest BCUT2D eigenvalue weighted by atomic mass is 127. The number of carbonyl (C=O) groups excluding carboxylic acids is 8. The zero-order valence-electron chi connectivity index (χ0n) is 53.3. The van der Waals surface area contributed by atoms with Gasteiger partial charge in [-0.05, 0) is 31.7 Å². The van der Waals surface area contributed by atoms with E-state index in [0.717, 1.165) is 24.7 Å². The van der Waals surface area contributed by atoms with Gasteiger partial charge in [-0.25, -0.2) is 29.7 Å². The van der Waals surface area contributed by atoms with Crippen molar-refractivity contribution in [1.29, 1.82) is 0 Å². The molecule has 6 heterocycles. The molecule has 8 amide bonds. The molecule has 2 aliphatic rings. The predicted molar refractivity (Wildman–Crippen MR) is 339 cm³/mol. The minimum absolute atomic E-state index is 0. The number of rotatable bonds is 35. The first-order chi connectivity index (χ1) is 45.3. The lowest BCUT2D eigenvalue weighted by molar-refractivity contribution is -0.372. The van der Waals surface area contributed by atoms with Crippen molar-refractivity contribution >= 4 is 86.8 Å². The number of nitrogens with one attached hydrogen (secondary N) is 7. The Hall–Kier alpha value is -6.57. The summed E-state index contributed by atoms with van der Waals surface area (Å²) in [7, 11) is 0.254. The SMILES string of the molecule is Cc1c(N)nc([C@H](CC(N)=O)NC[C@H](N)C(N)=O)nc1C(=O)N[C@H](C(=O)N[C@H](C)[C@@H](O)[C@H](C)C(=O)N[C@H](C(=O)NCCc1nc(-c2nc(C(=O)NCCC[S+](C)C)cs2)cs1)[C@@H](C)O)[C@@H](O[C@@H]1O[C@@H](CO)[C@@H](O)[C@H](O)[C@@H]1O[C@H]1O[C@H](CO)[C@@H](O)[C@H](OC(N)=O)[C@@H]1O)c1cnc[nH]1.[I-]. The second kappa shape index (κ2) is 37.6. The molecule has 25 N–H and O–H groups in total. The number of anilines is 1. The molecule has 4 aromatic heterocycles. The molecule has 0 unspecified atom stereocenters. The third-order valence-corrected chi connectivity index (χ3v) is 18.2. The number of primary amides is 3. The number of nitrogens with two attached hydrogens (primary N) is 5. The van der Waals surface area contributed by atoms with Gasteiger partial charge in [0, 0.05) is 55.2 Å². The molecule has 0 aliphatic carbocycles. The maximum absolute atomic E-state index is 15.2. The molecule has 6 rings (SSSR count). The number of ether oxygens (including phenoxy) is 5. The molecule has 0 bridgehead atoms. The number of amides is 8. The molecule has 2 fully saturated rings. The van der Waals surface area contributed by atoms with Crippen LogP contribution in [0.2, 0.25) is 0 Å². The Morgan fingerprint density at radius 2 is 1.46 bits per heavy atom. The summed E-state index contributed by atoms with van der Waals surface area (Å²) in [5.74, 6) is -7.69. The number of aliphatic hydroxyl groups is 8. The fourth-order valence-electron chi connectivity index (χ4n) is 9.80. The van der Waals surface area contributed by atoms with Crippen LogP contribution in [0.1, 0.15) is 88.8 Å². The molecule has 0 radical (unpaired) electrons. The normalized spacial score (nSPS) is 23.8. The van der Waals surface area contributed by atoms with Crippen molar-refractivity contribution in [2.45, 2.75) is 157 Å². The van der Waals surface area contributed by atoms with Gasteiger partial charge in [0.1, 0.15) is 100 Å². The zero-order chi connectivity index (χ0) is 71.0. The standard InChI is InChI=1S/C55H83N17O21S3.HI/c1-20-33(69-46(72-44(20)58)25(12-31(57)76)64-13-24(56)45(59)82)50(86)71-35(41(26-14-61-19-65-26)91-54-43(39(80)37(78)29(15-73)90-54)92-53-40(81)42(93-55(60)88)38(79)30(16-74)89-53)51(87)66-22(3)36(77)21(2)47(83)70-34(23(4)75)49(85)63-10-8-32-67-28(18-94-32)52-68-27(17-95-52)48(84)62-9-7-11-96(5)6;/h14,17-19,21-25,29-30,34-43,53-54,64,73-75,77-81H,7-13,15-16,56H2,1-6H3,(H13-,57,58,59,60,61,62,63,65,66,69,70,71,72,76,82,83,84,85,86,87,88);1H/t21-,22+,23+,24-,25-,29-,30+,34-,35-,36-,37+,38+,39-,40-,41-,42-,43-,53+,54-;/m0./s1. The molecule has 2 saturated heterocycles.